The van der Waals surface area contributed by atoms with Crippen LogP contribution < -0.4 is 5.73 Å². The van der Waals surface area contributed by atoms with Gasteiger partial charge < -0.3 is 5.73 Å². The van der Waals surface area contributed by atoms with Crippen LogP contribution in [0.4, 0.5) is 0 Å². The van der Waals surface area contributed by atoms with E-state index in [0.29, 0.717) is 38.8 Å². The van der Waals surface area contributed by atoms with Crippen molar-refractivity contribution in [2.75, 3.05) is 45.8 Å². The van der Waals surface area contributed by atoms with Crippen molar-refractivity contribution in [3.63, 3.8) is 0 Å². The average molecular weight is 304 g/mol. The molecule has 6 nitrogen and oxygen atoms in total. The Labute approximate surface area is 123 Å². The highest BCUT2D eigenvalue weighted by Gasteiger charge is 2.34. The normalized spacial score (nSPS) is 25.1. The molecular formula is C13H28N4O2S. The van der Waals surface area contributed by atoms with Crippen LogP contribution in [0.1, 0.15) is 32.6 Å². The molecule has 0 bridgehead atoms. The van der Waals surface area contributed by atoms with Gasteiger partial charge in [-0.05, 0) is 19.3 Å². The van der Waals surface area contributed by atoms with Crippen LogP contribution in [0.3, 0.4) is 0 Å². The van der Waals surface area contributed by atoms with Gasteiger partial charge in [0.15, 0.2) is 0 Å². The molecule has 118 valence electrons. The van der Waals surface area contributed by atoms with Crippen molar-refractivity contribution < 1.29 is 8.42 Å². The van der Waals surface area contributed by atoms with Gasteiger partial charge in [-0.2, -0.15) is 17.0 Å². The first kappa shape index (κ1) is 16.2. The van der Waals surface area contributed by atoms with E-state index in [2.05, 4.69) is 11.8 Å². The molecule has 0 saturated carbocycles. The Kier molecular flexibility index (Phi) is 5.80. The van der Waals surface area contributed by atoms with Gasteiger partial charge >= 0.3 is 0 Å². The van der Waals surface area contributed by atoms with Gasteiger partial charge in [-0.15, -0.1) is 0 Å². The largest absolute Gasteiger partial charge is 0.329 e. The van der Waals surface area contributed by atoms with Crippen molar-refractivity contribution in [1.82, 2.24) is 13.5 Å². The van der Waals surface area contributed by atoms with E-state index in [-0.39, 0.29) is 0 Å². The molecule has 2 rings (SSSR count). The highest BCUT2D eigenvalue weighted by atomic mass is 32.2. The summed E-state index contributed by atoms with van der Waals surface area (Å²) in [7, 11) is -3.22. The van der Waals surface area contributed by atoms with Gasteiger partial charge in [0.25, 0.3) is 10.2 Å². The molecule has 2 aliphatic heterocycles. The lowest BCUT2D eigenvalue weighted by Gasteiger charge is -2.39. The summed E-state index contributed by atoms with van der Waals surface area (Å²) in [5.74, 6) is 0. The van der Waals surface area contributed by atoms with Crippen molar-refractivity contribution in [3.8, 4) is 0 Å². The number of rotatable bonds is 6. The molecule has 1 unspecified atom stereocenters. The standard InChI is InChI=1S/C13H28N4O2S/c1-2-5-13(12-14)15-8-10-17(11-9-15)20(18,19)16-6-3-4-7-16/h13H,2-12,14H2,1H3. The summed E-state index contributed by atoms with van der Waals surface area (Å²) < 4.78 is 28.2. The predicted octanol–water partition coefficient (Wildman–Crippen LogP) is 0.0720. The van der Waals surface area contributed by atoms with E-state index >= 15 is 0 Å². The second-order valence-corrected chi connectivity index (χ2v) is 7.66. The Bertz CT molecular complexity index is 387. The highest BCUT2D eigenvalue weighted by Crippen LogP contribution is 2.19. The third-order valence-corrected chi connectivity index (χ3v) is 6.44. The maximum absolute atomic E-state index is 12.5. The van der Waals surface area contributed by atoms with Crippen LogP contribution in [0.25, 0.3) is 0 Å². The van der Waals surface area contributed by atoms with Crippen molar-refractivity contribution in [2.45, 2.75) is 38.6 Å². The van der Waals surface area contributed by atoms with Crippen molar-refractivity contribution in [1.29, 1.82) is 0 Å². The lowest BCUT2D eigenvalue weighted by molar-refractivity contribution is 0.130. The van der Waals surface area contributed by atoms with Crippen LogP contribution in [-0.2, 0) is 10.2 Å². The summed E-state index contributed by atoms with van der Waals surface area (Å²) in [6.07, 6.45) is 4.19. The number of nitrogens with zero attached hydrogens (tertiary/aromatic N) is 3. The van der Waals surface area contributed by atoms with Crippen LogP contribution in [0, 0.1) is 0 Å². The monoisotopic (exact) mass is 304 g/mol. The van der Waals surface area contributed by atoms with Gasteiger partial charge in [-0.1, -0.05) is 13.3 Å². The molecule has 2 fully saturated rings. The molecule has 0 radical (unpaired) electrons. The van der Waals surface area contributed by atoms with Crippen LogP contribution in [0.5, 0.6) is 0 Å². The summed E-state index contributed by atoms with van der Waals surface area (Å²) in [4.78, 5) is 2.35. The molecule has 1 atom stereocenters. The molecule has 20 heavy (non-hydrogen) atoms. The Balaban J connectivity index is 1.90. The molecule has 0 aromatic heterocycles. The number of piperazine rings is 1. The topological polar surface area (TPSA) is 69.9 Å². The van der Waals surface area contributed by atoms with Crippen LogP contribution in [-0.4, -0.2) is 73.8 Å². The van der Waals surface area contributed by atoms with Gasteiger partial charge in [0.2, 0.25) is 0 Å². The molecule has 2 aliphatic rings. The number of hydrogen-bond acceptors (Lipinski definition) is 4. The summed E-state index contributed by atoms with van der Waals surface area (Å²) in [6.45, 7) is 6.99. The molecular weight excluding hydrogens is 276 g/mol. The van der Waals surface area contributed by atoms with E-state index in [9.17, 15) is 8.42 Å². The zero-order valence-corrected chi connectivity index (χ0v) is 13.3. The minimum Gasteiger partial charge on any atom is -0.329 e. The Morgan fingerprint density at radius 3 is 2.05 bits per heavy atom. The predicted molar refractivity (Wildman–Crippen MR) is 80.6 cm³/mol. The molecule has 2 saturated heterocycles. The van der Waals surface area contributed by atoms with Crippen molar-refractivity contribution in [2.24, 2.45) is 5.73 Å². The zero-order valence-electron chi connectivity index (χ0n) is 12.5. The van der Waals surface area contributed by atoms with Gasteiger partial charge in [0.1, 0.15) is 0 Å². The van der Waals surface area contributed by atoms with Crippen molar-refractivity contribution >= 4 is 10.2 Å². The fourth-order valence-corrected chi connectivity index (χ4v) is 4.84. The van der Waals surface area contributed by atoms with Gasteiger partial charge in [0.05, 0.1) is 0 Å². The van der Waals surface area contributed by atoms with Gasteiger partial charge in [-0.25, -0.2) is 0 Å². The third-order valence-electron chi connectivity index (χ3n) is 4.40. The van der Waals surface area contributed by atoms with E-state index in [1.54, 1.807) is 8.61 Å². The van der Waals surface area contributed by atoms with Gasteiger partial charge in [0, 0.05) is 51.9 Å². The fourth-order valence-electron chi connectivity index (χ4n) is 3.16. The first-order valence-corrected chi connectivity index (χ1v) is 9.18. The molecule has 0 aliphatic carbocycles. The van der Waals surface area contributed by atoms with E-state index in [1.807, 2.05) is 0 Å². The van der Waals surface area contributed by atoms with E-state index in [0.717, 1.165) is 38.8 Å². The van der Waals surface area contributed by atoms with Crippen LogP contribution in [0.2, 0.25) is 0 Å². The average Bonchev–Trinajstić information content (AvgIpc) is 3.00. The molecule has 2 N–H and O–H groups in total. The zero-order chi connectivity index (χ0) is 14.6. The maximum atomic E-state index is 12.5. The second kappa shape index (κ2) is 7.17. The van der Waals surface area contributed by atoms with Crippen LogP contribution >= 0.6 is 0 Å². The molecule has 0 aromatic carbocycles. The molecule has 0 spiro atoms. The fraction of sp³-hybridized carbons (Fsp3) is 1.00. The summed E-state index contributed by atoms with van der Waals surface area (Å²) in [6, 6.07) is 0.400. The van der Waals surface area contributed by atoms with E-state index < -0.39 is 10.2 Å². The summed E-state index contributed by atoms with van der Waals surface area (Å²) in [5.41, 5.74) is 5.83. The van der Waals surface area contributed by atoms with Gasteiger partial charge in [-0.3, -0.25) is 4.90 Å². The molecule has 0 amide bonds. The minimum atomic E-state index is -3.22. The summed E-state index contributed by atoms with van der Waals surface area (Å²) in [5, 5.41) is 0. The lowest BCUT2D eigenvalue weighted by Crippen LogP contribution is -2.55. The Morgan fingerprint density at radius 2 is 1.55 bits per heavy atom. The Hall–Kier alpha value is -0.210. The smallest absolute Gasteiger partial charge is 0.282 e. The molecule has 7 heteroatoms. The molecule has 2 heterocycles. The SMILES string of the molecule is CCCC(CN)N1CCN(S(=O)(=O)N2CCCC2)CC1. The maximum Gasteiger partial charge on any atom is 0.282 e. The van der Waals surface area contributed by atoms with E-state index in [1.165, 1.54) is 0 Å². The highest BCUT2D eigenvalue weighted by molar-refractivity contribution is 7.86. The minimum absolute atomic E-state index is 0.400. The number of hydrogen-bond donors (Lipinski definition) is 1. The quantitative estimate of drug-likeness (QED) is 0.754. The second-order valence-electron chi connectivity index (χ2n) is 5.73. The van der Waals surface area contributed by atoms with Crippen LogP contribution in [0.15, 0.2) is 0 Å². The number of nitrogens with two attached hydrogens (primary N) is 1. The van der Waals surface area contributed by atoms with Crippen molar-refractivity contribution in [3.05, 3.63) is 0 Å². The molecule has 0 aromatic rings. The first-order valence-electron chi connectivity index (χ1n) is 7.79. The summed E-state index contributed by atoms with van der Waals surface area (Å²) >= 11 is 0. The third kappa shape index (κ3) is 3.51. The van der Waals surface area contributed by atoms with E-state index in [4.69, 9.17) is 5.73 Å². The first-order chi connectivity index (χ1) is 9.59. The lowest BCUT2D eigenvalue weighted by atomic mass is 10.1. The Morgan fingerprint density at radius 1 is 1.00 bits per heavy atom.